The van der Waals surface area contributed by atoms with Gasteiger partial charge >= 0.3 is 0 Å². The summed E-state index contributed by atoms with van der Waals surface area (Å²) in [5.41, 5.74) is 30.8. The number of hydrogen-bond donors (Lipinski definition) is 0. The number of benzene rings is 7. The maximum absolute atomic E-state index is 3.29. The van der Waals surface area contributed by atoms with E-state index in [4.69, 9.17) is 0 Å². The van der Waals surface area contributed by atoms with E-state index < -0.39 is 0 Å². The highest BCUT2D eigenvalue weighted by Crippen LogP contribution is 2.58. The monoisotopic (exact) mass is 888 g/mol. The Labute approximate surface area is 407 Å². The van der Waals surface area contributed by atoms with Gasteiger partial charge < -0.3 is 9.80 Å². The van der Waals surface area contributed by atoms with Gasteiger partial charge in [0.15, 0.2) is 0 Å². The maximum atomic E-state index is 3.29. The summed E-state index contributed by atoms with van der Waals surface area (Å²) >= 11 is 0. The number of fused-ring (bicyclic) bond motifs is 8. The minimum absolute atomic E-state index is 0.0444. The SMILES string of the molecule is CC/C=C\C1=C(CC)Cc2ccccc2N1c1ccc2cc(-c3ccc(/C=C/c4ccc5c(c4)C4(CCCC4)c4cc(N6C7=C(C=C=C=C7)CC7=C6CCC=C7)ccc4-5)c4ccccc34)ccc2c1. The van der Waals surface area contributed by atoms with Crippen LogP contribution in [0.25, 0.3) is 56.0 Å². The topological polar surface area (TPSA) is 6.48 Å². The molecule has 334 valence electrons. The lowest BCUT2D eigenvalue weighted by molar-refractivity contribution is 0.550. The summed E-state index contributed by atoms with van der Waals surface area (Å²) in [7, 11) is 0. The first-order valence-electron chi connectivity index (χ1n) is 25.5. The molecule has 0 N–H and O–H groups in total. The van der Waals surface area contributed by atoms with Gasteiger partial charge in [0.25, 0.3) is 0 Å². The molecule has 0 unspecified atom stereocenters. The van der Waals surface area contributed by atoms with E-state index in [9.17, 15) is 0 Å². The molecular weight excluding hydrogens is 833 g/mol. The number of para-hydroxylation sites is 1. The number of nitrogens with zero attached hydrogens (tertiary/aromatic N) is 2. The van der Waals surface area contributed by atoms with E-state index in [1.807, 2.05) is 0 Å². The molecule has 1 spiro atoms. The summed E-state index contributed by atoms with van der Waals surface area (Å²) in [4.78, 5) is 5.03. The second kappa shape index (κ2) is 16.9. The van der Waals surface area contributed by atoms with E-state index in [-0.39, 0.29) is 5.41 Å². The molecule has 1 saturated carbocycles. The smallest absolute Gasteiger partial charge is 0.0583 e. The van der Waals surface area contributed by atoms with Crippen LogP contribution in [-0.2, 0) is 11.8 Å². The van der Waals surface area contributed by atoms with Gasteiger partial charge in [0.05, 0.1) is 5.70 Å². The third-order valence-electron chi connectivity index (χ3n) is 16.1. The Kier molecular flexibility index (Phi) is 10.2. The van der Waals surface area contributed by atoms with Crippen LogP contribution in [0.5, 0.6) is 0 Å². The van der Waals surface area contributed by atoms with Crippen molar-refractivity contribution >= 4 is 50.8 Å². The Bertz CT molecular complexity index is 3610. The molecule has 13 rings (SSSR count). The Morgan fingerprint density at radius 3 is 2.26 bits per heavy atom. The third-order valence-corrected chi connectivity index (χ3v) is 16.1. The standard InChI is InChI=1S/C67H56N2/c1-3-5-21-63-46(4-2)40-51-16-6-11-22-64(51)68(63)54-32-30-48-41-50(29-28-49(48)43-54)57-35-31-47(56-19-9-10-20-58(56)57)27-25-45-26-34-59-60-36-33-55(44-62(60)67(61(59)39-45)37-14-15-38-67)69-65-23-12-7-17-52(65)42-53-18-8-13-24-66(53)69/h5-7,9-11,16-22,24-36,39,41,43-44H,3-4,12,14-15,23,37-38,40,42H2,1-2H3/b21-5-,27-25+. The van der Waals surface area contributed by atoms with Crippen LogP contribution >= 0.6 is 0 Å². The van der Waals surface area contributed by atoms with Crippen LogP contribution in [0.15, 0.2) is 215 Å². The highest BCUT2D eigenvalue weighted by molar-refractivity contribution is 6.04. The van der Waals surface area contributed by atoms with Crippen molar-refractivity contribution in [3.05, 3.63) is 243 Å². The number of hydrogen-bond acceptors (Lipinski definition) is 2. The Morgan fingerprint density at radius 2 is 1.38 bits per heavy atom. The molecule has 6 aliphatic rings. The summed E-state index contributed by atoms with van der Waals surface area (Å²) in [6.07, 6.45) is 29.4. The van der Waals surface area contributed by atoms with Gasteiger partial charge in [-0.2, -0.15) is 0 Å². The van der Waals surface area contributed by atoms with E-state index >= 15 is 0 Å². The van der Waals surface area contributed by atoms with Crippen molar-refractivity contribution in [2.24, 2.45) is 0 Å². The molecule has 1 fully saturated rings. The lowest BCUT2D eigenvalue weighted by atomic mass is 9.76. The van der Waals surface area contributed by atoms with Crippen LogP contribution in [0, 0.1) is 0 Å². The normalized spacial score (nSPS) is 17.6. The van der Waals surface area contributed by atoms with Crippen molar-refractivity contribution in [1.29, 1.82) is 0 Å². The quantitative estimate of drug-likeness (QED) is 0.111. The lowest BCUT2D eigenvalue weighted by Gasteiger charge is -2.37. The van der Waals surface area contributed by atoms with Crippen LogP contribution in [0.3, 0.4) is 0 Å². The van der Waals surface area contributed by atoms with Gasteiger partial charge in [0.1, 0.15) is 0 Å². The zero-order valence-electron chi connectivity index (χ0n) is 39.8. The first-order valence-corrected chi connectivity index (χ1v) is 25.5. The molecule has 0 atom stereocenters. The number of anilines is 3. The molecule has 7 aromatic rings. The predicted molar refractivity (Wildman–Crippen MR) is 292 cm³/mol. The molecule has 0 saturated heterocycles. The van der Waals surface area contributed by atoms with E-state index in [1.165, 1.54) is 148 Å². The first-order chi connectivity index (χ1) is 34.1. The molecule has 2 heterocycles. The van der Waals surface area contributed by atoms with Crippen molar-refractivity contribution in [3.8, 4) is 22.3 Å². The van der Waals surface area contributed by atoms with Gasteiger partial charge in [0, 0.05) is 46.4 Å². The highest BCUT2D eigenvalue weighted by atomic mass is 15.2. The predicted octanol–water partition coefficient (Wildman–Crippen LogP) is 17.9. The van der Waals surface area contributed by atoms with E-state index in [1.54, 1.807) is 0 Å². The molecule has 7 aromatic carbocycles. The summed E-state index contributed by atoms with van der Waals surface area (Å²) in [6.45, 7) is 4.50. The molecule has 2 nitrogen and oxygen atoms in total. The average molecular weight is 889 g/mol. The van der Waals surface area contributed by atoms with E-state index in [0.717, 1.165) is 38.5 Å². The molecule has 69 heavy (non-hydrogen) atoms. The Balaban J connectivity index is 0.814. The van der Waals surface area contributed by atoms with Crippen molar-refractivity contribution in [3.63, 3.8) is 0 Å². The fourth-order valence-electron chi connectivity index (χ4n) is 12.7. The second-order valence-corrected chi connectivity index (χ2v) is 19.9. The molecule has 2 heteroatoms. The fourth-order valence-corrected chi connectivity index (χ4v) is 12.7. The average Bonchev–Trinajstić information content (AvgIpc) is 4.01. The highest BCUT2D eigenvalue weighted by Gasteiger charge is 2.45. The number of allylic oxidation sites excluding steroid dienone is 10. The number of rotatable bonds is 8. The van der Waals surface area contributed by atoms with Gasteiger partial charge in [-0.15, -0.1) is 0 Å². The third kappa shape index (κ3) is 6.85. The molecule has 4 aliphatic carbocycles. The van der Waals surface area contributed by atoms with Gasteiger partial charge in [-0.1, -0.05) is 166 Å². The van der Waals surface area contributed by atoms with E-state index in [2.05, 4.69) is 217 Å². The van der Waals surface area contributed by atoms with Crippen molar-refractivity contribution in [2.45, 2.75) is 83.5 Å². The molecule has 2 aliphatic heterocycles. The maximum Gasteiger partial charge on any atom is 0.0583 e. The summed E-state index contributed by atoms with van der Waals surface area (Å²) < 4.78 is 0. The van der Waals surface area contributed by atoms with Gasteiger partial charge in [0.2, 0.25) is 0 Å². The molecule has 0 bridgehead atoms. The molecule has 0 radical (unpaired) electrons. The van der Waals surface area contributed by atoms with Gasteiger partial charge in [-0.25, -0.2) is 0 Å². The Hall–Kier alpha value is -7.60. The largest absolute Gasteiger partial charge is 0.313 e. The zero-order chi connectivity index (χ0) is 46.1. The van der Waals surface area contributed by atoms with Crippen LogP contribution < -0.4 is 9.80 Å². The van der Waals surface area contributed by atoms with Gasteiger partial charge in [-0.3, -0.25) is 0 Å². The second-order valence-electron chi connectivity index (χ2n) is 19.9. The molecule has 0 aromatic heterocycles. The van der Waals surface area contributed by atoms with Crippen molar-refractivity contribution in [2.75, 3.05) is 9.80 Å². The lowest BCUT2D eigenvalue weighted by Crippen LogP contribution is -2.28. The zero-order valence-corrected chi connectivity index (χ0v) is 39.8. The summed E-state index contributed by atoms with van der Waals surface area (Å²) in [5, 5.41) is 5.04. The molecule has 0 amide bonds. The van der Waals surface area contributed by atoms with Crippen LogP contribution in [0.4, 0.5) is 17.1 Å². The minimum atomic E-state index is 0.0444. The van der Waals surface area contributed by atoms with Crippen LogP contribution in [0.2, 0.25) is 0 Å². The first kappa shape index (κ1) is 41.6. The van der Waals surface area contributed by atoms with Crippen molar-refractivity contribution in [1.82, 2.24) is 0 Å². The summed E-state index contributed by atoms with van der Waals surface area (Å²) in [6, 6.07) is 51.1. The minimum Gasteiger partial charge on any atom is -0.313 e. The summed E-state index contributed by atoms with van der Waals surface area (Å²) in [5.74, 6) is 0. The molecular formula is C67H56N2. The van der Waals surface area contributed by atoms with E-state index in [0.29, 0.717) is 0 Å². The fraction of sp³-hybridized carbons (Fsp3) is 0.194. The Morgan fingerprint density at radius 1 is 0.623 bits per heavy atom. The van der Waals surface area contributed by atoms with Crippen molar-refractivity contribution < 1.29 is 0 Å². The van der Waals surface area contributed by atoms with Gasteiger partial charge in [-0.05, 0) is 182 Å². The van der Waals surface area contributed by atoms with Crippen LogP contribution in [-0.4, -0.2) is 0 Å². The van der Waals surface area contributed by atoms with Crippen LogP contribution in [0.1, 0.15) is 99.5 Å².